The van der Waals surface area contributed by atoms with Gasteiger partial charge in [-0.1, -0.05) is 24.6 Å². The van der Waals surface area contributed by atoms with Crippen LogP contribution in [0.2, 0.25) is 0 Å². The number of hydrogen-bond acceptors (Lipinski definition) is 3. The Morgan fingerprint density at radius 1 is 1.29 bits per heavy atom. The van der Waals surface area contributed by atoms with Crippen LogP contribution in [0, 0.1) is 13.8 Å². The Labute approximate surface area is 84.8 Å². The summed E-state index contributed by atoms with van der Waals surface area (Å²) in [6.07, 6.45) is 0.436. The van der Waals surface area contributed by atoms with Gasteiger partial charge < -0.3 is 0 Å². The van der Waals surface area contributed by atoms with Crippen LogP contribution in [0.4, 0.5) is 0 Å². The van der Waals surface area contributed by atoms with E-state index < -0.39 is 10.1 Å². The van der Waals surface area contributed by atoms with Gasteiger partial charge in [0.2, 0.25) is 0 Å². The van der Waals surface area contributed by atoms with Crippen molar-refractivity contribution in [1.29, 1.82) is 0 Å². The van der Waals surface area contributed by atoms with Gasteiger partial charge in [-0.2, -0.15) is 8.42 Å². The maximum absolute atomic E-state index is 11.5. The zero-order valence-corrected chi connectivity index (χ0v) is 8.88. The van der Waals surface area contributed by atoms with Crippen LogP contribution in [0.15, 0.2) is 29.2 Å². The molecule has 0 N–H and O–H groups in total. The van der Waals surface area contributed by atoms with Crippen molar-refractivity contribution >= 4 is 10.1 Å². The molecular weight excluding hydrogens is 200 g/mol. The van der Waals surface area contributed by atoms with Gasteiger partial charge in [0.15, 0.2) is 0 Å². The summed E-state index contributed by atoms with van der Waals surface area (Å²) < 4.78 is 27.6. The summed E-state index contributed by atoms with van der Waals surface area (Å²) >= 11 is 0. The molecule has 1 rings (SSSR count). The van der Waals surface area contributed by atoms with Crippen molar-refractivity contribution in [3.8, 4) is 0 Å². The summed E-state index contributed by atoms with van der Waals surface area (Å²) in [5, 5.41) is 0. The molecule has 0 heterocycles. The molecule has 0 aliphatic rings. The lowest BCUT2D eigenvalue weighted by atomic mass is 10.2. The summed E-state index contributed by atoms with van der Waals surface area (Å²) in [6, 6.07) is 6.54. The molecular formula is C10H13O3S. The molecule has 3 nitrogen and oxygen atoms in total. The fourth-order valence-electron chi connectivity index (χ4n) is 0.942. The summed E-state index contributed by atoms with van der Waals surface area (Å²) in [4.78, 5) is 0.191. The second-order valence-corrected chi connectivity index (χ2v) is 4.56. The smallest absolute Gasteiger partial charge is 0.266 e. The minimum absolute atomic E-state index is 0.121. The van der Waals surface area contributed by atoms with Gasteiger partial charge in [0.25, 0.3) is 10.1 Å². The highest BCUT2D eigenvalue weighted by Crippen LogP contribution is 2.13. The lowest BCUT2D eigenvalue weighted by molar-refractivity contribution is 0.324. The molecule has 0 aromatic heterocycles. The Balaban J connectivity index is 2.87. The van der Waals surface area contributed by atoms with E-state index in [0.717, 1.165) is 5.56 Å². The molecule has 14 heavy (non-hydrogen) atoms. The normalized spacial score (nSPS) is 11.6. The average molecular weight is 213 g/mol. The van der Waals surface area contributed by atoms with Gasteiger partial charge in [-0.05, 0) is 25.5 Å². The Hall–Kier alpha value is -0.870. The molecule has 0 unspecified atom stereocenters. The summed E-state index contributed by atoms with van der Waals surface area (Å²) in [7, 11) is -3.58. The van der Waals surface area contributed by atoms with E-state index in [4.69, 9.17) is 4.18 Å². The Kier molecular flexibility index (Phi) is 3.66. The standard InChI is InChI=1S/C10H13O3S/c1-3-8-13-14(11,12)10-6-4-9(2)5-7-10/h4-7H,1,3,8H2,2H3. The predicted molar refractivity (Wildman–Crippen MR) is 54.3 cm³/mol. The van der Waals surface area contributed by atoms with E-state index in [2.05, 4.69) is 6.92 Å². The van der Waals surface area contributed by atoms with Crippen molar-refractivity contribution in [2.75, 3.05) is 6.61 Å². The number of hydrogen-bond donors (Lipinski definition) is 0. The Morgan fingerprint density at radius 2 is 1.86 bits per heavy atom. The highest BCUT2D eigenvalue weighted by Gasteiger charge is 2.13. The molecule has 0 saturated carbocycles. The molecule has 1 aromatic rings. The van der Waals surface area contributed by atoms with E-state index in [1.165, 1.54) is 12.1 Å². The van der Waals surface area contributed by atoms with Crippen LogP contribution in [0.5, 0.6) is 0 Å². The fourth-order valence-corrected chi connectivity index (χ4v) is 1.88. The van der Waals surface area contributed by atoms with Crippen molar-refractivity contribution < 1.29 is 12.6 Å². The second-order valence-electron chi connectivity index (χ2n) is 2.94. The van der Waals surface area contributed by atoms with Gasteiger partial charge >= 0.3 is 0 Å². The zero-order chi connectivity index (χ0) is 10.6. The van der Waals surface area contributed by atoms with Gasteiger partial charge in [-0.25, -0.2) is 0 Å². The Bertz CT molecular complexity index is 378. The highest BCUT2D eigenvalue weighted by molar-refractivity contribution is 7.86. The lowest BCUT2D eigenvalue weighted by Gasteiger charge is -2.04. The van der Waals surface area contributed by atoms with Gasteiger partial charge in [-0.15, -0.1) is 0 Å². The van der Waals surface area contributed by atoms with Crippen molar-refractivity contribution in [1.82, 2.24) is 0 Å². The molecule has 77 valence electrons. The topological polar surface area (TPSA) is 43.4 Å². The van der Waals surface area contributed by atoms with Gasteiger partial charge in [0.1, 0.15) is 0 Å². The fraction of sp³-hybridized carbons (Fsp3) is 0.300. The molecule has 0 atom stereocenters. The molecule has 1 aromatic carbocycles. The minimum atomic E-state index is -3.58. The number of rotatable bonds is 4. The van der Waals surface area contributed by atoms with E-state index in [1.807, 2.05) is 6.92 Å². The third-order valence-electron chi connectivity index (χ3n) is 1.69. The van der Waals surface area contributed by atoms with Crippen LogP contribution >= 0.6 is 0 Å². The van der Waals surface area contributed by atoms with Gasteiger partial charge in [-0.3, -0.25) is 4.18 Å². The Morgan fingerprint density at radius 3 is 2.36 bits per heavy atom. The lowest BCUT2D eigenvalue weighted by Crippen LogP contribution is -2.06. The summed E-state index contributed by atoms with van der Waals surface area (Å²) in [5.41, 5.74) is 1.01. The summed E-state index contributed by atoms with van der Waals surface area (Å²) in [6.45, 7) is 5.52. The van der Waals surface area contributed by atoms with E-state index in [-0.39, 0.29) is 11.5 Å². The molecule has 0 saturated heterocycles. The van der Waals surface area contributed by atoms with Crippen LogP contribution in [0.25, 0.3) is 0 Å². The van der Waals surface area contributed by atoms with Crippen molar-refractivity contribution in [2.24, 2.45) is 0 Å². The average Bonchev–Trinajstić information content (AvgIpc) is 2.16. The van der Waals surface area contributed by atoms with Gasteiger partial charge in [0.05, 0.1) is 11.5 Å². The molecule has 0 fully saturated rings. The molecule has 4 heteroatoms. The molecule has 0 aliphatic heterocycles. The zero-order valence-electron chi connectivity index (χ0n) is 8.06. The third kappa shape index (κ3) is 2.82. The molecule has 0 amide bonds. The van der Waals surface area contributed by atoms with E-state index in [9.17, 15) is 8.42 Å². The highest BCUT2D eigenvalue weighted by atomic mass is 32.2. The van der Waals surface area contributed by atoms with Crippen molar-refractivity contribution in [3.63, 3.8) is 0 Å². The molecule has 0 spiro atoms. The van der Waals surface area contributed by atoms with E-state index in [0.29, 0.717) is 6.42 Å². The second kappa shape index (κ2) is 4.57. The first-order valence-electron chi connectivity index (χ1n) is 4.31. The molecule has 1 radical (unpaired) electrons. The first kappa shape index (κ1) is 11.2. The number of aryl methyl sites for hydroxylation is 1. The van der Waals surface area contributed by atoms with Crippen LogP contribution < -0.4 is 0 Å². The van der Waals surface area contributed by atoms with Crippen LogP contribution in [-0.2, 0) is 14.3 Å². The van der Waals surface area contributed by atoms with Crippen molar-refractivity contribution in [2.45, 2.75) is 18.2 Å². The monoisotopic (exact) mass is 213 g/mol. The van der Waals surface area contributed by atoms with Crippen LogP contribution in [-0.4, -0.2) is 15.0 Å². The third-order valence-corrected chi connectivity index (χ3v) is 3.02. The van der Waals surface area contributed by atoms with E-state index >= 15 is 0 Å². The van der Waals surface area contributed by atoms with Gasteiger partial charge in [0, 0.05) is 0 Å². The largest absolute Gasteiger partial charge is 0.296 e. The van der Waals surface area contributed by atoms with Crippen molar-refractivity contribution in [3.05, 3.63) is 36.8 Å². The van der Waals surface area contributed by atoms with E-state index in [1.54, 1.807) is 12.1 Å². The minimum Gasteiger partial charge on any atom is -0.266 e. The first-order chi connectivity index (χ1) is 6.56. The first-order valence-corrected chi connectivity index (χ1v) is 5.72. The predicted octanol–water partition coefficient (Wildman–Crippen LogP) is 1.92. The van der Waals surface area contributed by atoms with Crippen LogP contribution in [0.1, 0.15) is 12.0 Å². The maximum atomic E-state index is 11.5. The van der Waals surface area contributed by atoms with Crippen LogP contribution in [0.3, 0.4) is 0 Å². The molecule has 0 bridgehead atoms. The summed E-state index contributed by atoms with van der Waals surface area (Å²) in [5.74, 6) is 0. The SMILES string of the molecule is [CH2]CCOS(=O)(=O)c1ccc(C)cc1. The maximum Gasteiger partial charge on any atom is 0.296 e. The quantitative estimate of drug-likeness (QED) is 0.718. The number of benzene rings is 1. The molecule has 0 aliphatic carbocycles.